The van der Waals surface area contributed by atoms with Gasteiger partial charge >= 0.3 is 0 Å². The predicted octanol–water partition coefficient (Wildman–Crippen LogP) is 2.75. The number of amides is 1. The summed E-state index contributed by atoms with van der Waals surface area (Å²) in [6, 6.07) is 3.05. The minimum atomic E-state index is -0.205. The number of ether oxygens (including phenoxy) is 1. The van der Waals surface area contributed by atoms with Crippen LogP contribution in [0.3, 0.4) is 0 Å². The van der Waals surface area contributed by atoms with E-state index in [1.54, 1.807) is 0 Å². The fourth-order valence-electron chi connectivity index (χ4n) is 1.15. The zero-order chi connectivity index (χ0) is 11.4. The van der Waals surface area contributed by atoms with Gasteiger partial charge in [-0.25, -0.2) is 0 Å². The number of hydrogen-bond acceptors (Lipinski definition) is 2. The van der Waals surface area contributed by atoms with Gasteiger partial charge in [-0.15, -0.1) is 0 Å². The third-order valence-corrected chi connectivity index (χ3v) is 2.36. The monoisotopic (exact) mass is 247 g/mol. The Labute approximate surface area is 98.3 Å². The summed E-state index contributed by atoms with van der Waals surface area (Å²) in [7, 11) is 1.47. The fraction of sp³-hybridized carbons (Fsp3) is 0.300. The first-order valence-electron chi connectivity index (χ1n) is 4.41. The van der Waals surface area contributed by atoms with Crippen LogP contribution in [0.2, 0.25) is 10.0 Å². The van der Waals surface area contributed by atoms with E-state index in [9.17, 15) is 4.79 Å². The van der Waals surface area contributed by atoms with Crippen LogP contribution in [-0.2, 0) is 0 Å². The number of methoxy groups -OCH3 is 1. The molecule has 0 atom stereocenters. The first-order valence-corrected chi connectivity index (χ1v) is 5.17. The van der Waals surface area contributed by atoms with Gasteiger partial charge in [-0.3, -0.25) is 4.79 Å². The van der Waals surface area contributed by atoms with Crippen LogP contribution in [0.15, 0.2) is 12.1 Å². The van der Waals surface area contributed by atoms with Crippen molar-refractivity contribution < 1.29 is 9.53 Å². The van der Waals surface area contributed by atoms with Crippen LogP contribution in [-0.4, -0.2) is 19.6 Å². The van der Waals surface area contributed by atoms with Gasteiger partial charge in [-0.05, 0) is 19.1 Å². The molecule has 0 saturated heterocycles. The molecule has 0 heterocycles. The maximum Gasteiger partial charge on any atom is 0.251 e. The van der Waals surface area contributed by atoms with Crippen molar-refractivity contribution in [3.63, 3.8) is 0 Å². The summed E-state index contributed by atoms with van der Waals surface area (Å²) >= 11 is 11.8. The highest BCUT2D eigenvalue weighted by Gasteiger charge is 2.12. The highest BCUT2D eigenvalue weighted by molar-refractivity contribution is 6.37. The molecule has 5 heteroatoms. The Morgan fingerprint density at radius 3 is 2.33 bits per heavy atom. The number of hydrogen-bond donors (Lipinski definition) is 1. The fourth-order valence-corrected chi connectivity index (χ4v) is 1.79. The van der Waals surface area contributed by atoms with Gasteiger partial charge in [0.15, 0.2) is 5.75 Å². The molecule has 1 aromatic carbocycles. The van der Waals surface area contributed by atoms with Gasteiger partial charge in [0, 0.05) is 12.1 Å². The second-order valence-electron chi connectivity index (χ2n) is 2.83. The predicted molar refractivity (Wildman–Crippen MR) is 61.0 cm³/mol. The minimum absolute atomic E-state index is 0.205. The normalized spacial score (nSPS) is 9.87. The molecule has 1 rings (SSSR count). The van der Waals surface area contributed by atoms with Crippen molar-refractivity contribution >= 4 is 29.1 Å². The van der Waals surface area contributed by atoms with E-state index >= 15 is 0 Å². The third kappa shape index (κ3) is 2.76. The van der Waals surface area contributed by atoms with Crippen LogP contribution in [0, 0.1) is 0 Å². The molecule has 0 aliphatic heterocycles. The van der Waals surface area contributed by atoms with Gasteiger partial charge in [0.25, 0.3) is 5.91 Å². The van der Waals surface area contributed by atoms with Crippen molar-refractivity contribution in [2.24, 2.45) is 0 Å². The summed E-state index contributed by atoms with van der Waals surface area (Å²) in [5.74, 6) is 0.176. The number of halogens is 2. The summed E-state index contributed by atoms with van der Waals surface area (Å²) < 4.78 is 4.97. The average Bonchev–Trinajstić information content (AvgIpc) is 2.17. The van der Waals surface area contributed by atoms with Crippen molar-refractivity contribution in [2.45, 2.75) is 6.92 Å². The van der Waals surface area contributed by atoms with Crippen molar-refractivity contribution in [1.82, 2.24) is 5.32 Å². The molecule has 0 unspecified atom stereocenters. The van der Waals surface area contributed by atoms with Gasteiger partial charge in [0.05, 0.1) is 17.2 Å². The third-order valence-electron chi connectivity index (χ3n) is 1.80. The van der Waals surface area contributed by atoms with E-state index in [1.807, 2.05) is 6.92 Å². The van der Waals surface area contributed by atoms with Crippen molar-refractivity contribution in [3.05, 3.63) is 27.7 Å². The first kappa shape index (κ1) is 12.1. The molecule has 15 heavy (non-hydrogen) atoms. The van der Waals surface area contributed by atoms with Crippen molar-refractivity contribution in [1.29, 1.82) is 0 Å². The highest BCUT2D eigenvalue weighted by Crippen LogP contribution is 2.33. The number of rotatable bonds is 3. The SMILES string of the molecule is CCNC(=O)c1cc(Cl)c(OC)c(Cl)c1. The van der Waals surface area contributed by atoms with Crippen LogP contribution in [0.25, 0.3) is 0 Å². The molecular weight excluding hydrogens is 237 g/mol. The number of benzene rings is 1. The molecule has 0 fully saturated rings. The lowest BCUT2D eigenvalue weighted by Gasteiger charge is -2.08. The van der Waals surface area contributed by atoms with Crippen LogP contribution in [0.4, 0.5) is 0 Å². The lowest BCUT2D eigenvalue weighted by atomic mass is 10.2. The molecule has 1 amide bonds. The summed E-state index contributed by atoms with van der Waals surface area (Å²) in [6.45, 7) is 2.39. The number of carbonyl (C=O) groups is 1. The standard InChI is InChI=1S/C10H11Cl2NO2/c1-3-13-10(14)6-4-7(11)9(15-2)8(12)5-6/h4-5H,3H2,1-2H3,(H,13,14). The Morgan fingerprint density at radius 1 is 1.40 bits per heavy atom. The van der Waals surface area contributed by atoms with Gasteiger partial charge in [-0.1, -0.05) is 23.2 Å². The van der Waals surface area contributed by atoms with Crippen LogP contribution >= 0.6 is 23.2 Å². The van der Waals surface area contributed by atoms with Gasteiger partial charge in [-0.2, -0.15) is 0 Å². The Hall–Kier alpha value is -0.930. The Kier molecular flexibility index (Phi) is 4.24. The second-order valence-corrected chi connectivity index (χ2v) is 3.65. The van der Waals surface area contributed by atoms with Crippen LogP contribution in [0.1, 0.15) is 17.3 Å². The molecule has 1 aromatic rings. The Bertz CT molecular complexity index is 357. The summed E-state index contributed by atoms with van der Waals surface area (Å²) in [5.41, 5.74) is 0.424. The zero-order valence-electron chi connectivity index (χ0n) is 8.43. The molecule has 0 radical (unpaired) electrons. The van der Waals surface area contributed by atoms with Crippen LogP contribution in [0.5, 0.6) is 5.75 Å². The Balaban J connectivity index is 3.08. The van der Waals surface area contributed by atoms with E-state index in [0.29, 0.717) is 27.9 Å². The van der Waals surface area contributed by atoms with Crippen molar-refractivity contribution in [2.75, 3.05) is 13.7 Å². The van der Waals surface area contributed by atoms with Crippen molar-refractivity contribution in [3.8, 4) is 5.75 Å². The maximum absolute atomic E-state index is 11.5. The summed E-state index contributed by atoms with van der Waals surface area (Å²) in [5, 5.41) is 3.31. The number of carbonyl (C=O) groups excluding carboxylic acids is 1. The topological polar surface area (TPSA) is 38.3 Å². The van der Waals surface area contributed by atoms with Gasteiger partial charge in [0.2, 0.25) is 0 Å². The molecular formula is C10H11Cl2NO2. The molecule has 0 saturated carbocycles. The maximum atomic E-state index is 11.5. The molecule has 0 spiro atoms. The highest BCUT2D eigenvalue weighted by atomic mass is 35.5. The molecule has 3 nitrogen and oxygen atoms in total. The molecule has 1 N–H and O–H groups in total. The van der Waals surface area contributed by atoms with E-state index in [-0.39, 0.29) is 5.91 Å². The first-order chi connectivity index (χ1) is 7.10. The van der Waals surface area contributed by atoms with E-state index in [2.05, 4.69) is 5.32 Å². The smallest absolute Gasteiger partial charge is 0.251 e. The van der Waals surface area contributed by atoms with Gasteiger partial charge in [0.1, 0.15) is 0 Å². The number of nitrogens with one attached hydrogen (secondary N) is 1. The van der Waals surface area contributed by atoms with Gasteiger partial charge < -0.3 is 10.1 Å². The van der Waals surface area contributed by atoms with Crippen LogP contribution < -0.4 is 10.1 Å². The van der Waals surface area contributed by atoms with E-state index < -0.39 is 0 Å². The summed E-state index contributed by atoms with van der Waals surface area (Å²) in [4.78, 5) is 11.5. The lowest BCUT2D eigenvalue weighted by Crippen LogP contribution is -2.22. The van der Waals surface area contributed by atoms with E-state index in [4.69, 9.17) is 27.9 Å². The minimum Gasteiger partial charge on any atom is -0.494 e. The Morgan fingerprint density at radius 2 is 1.93 bits per heavy atom. The lowest BCUT2D eigenvalue weighted by molar-refractivity contribution is 0.0956. The molecule has 0 aliphatic rings. The van der Waals surface area contributed by atoms with E-state index in [0.717, 1.165) is 0 Å². The molecule has 0 aromatic heterocycles. The molecule has 82 valence electrons. The largest absolute Gasteiger partial charge is 0.494 e. The quantitative estimate of drug-likeness (QED) is 0.893. The zero-order valence-corrected chi connectivity index (χ0v) is 9.95. The molecule has 0 bridgehead atoms. The second kappa shape index (κ2) is 5.24. The van der Waals surface area contributed by atoms with E-state index in [1.165, 1.54) is 19.2 Å². The molecule has 0 aliphatic carbocycles. The summed E-state index contributed by atoms with van der Waals surface area (Å²) in [6.07, 6.45) is 0. The average molecular weight is 248 g/mol.